The van der Waals surface area contributed by atoms with Gasteiger partial charge in [0.1, 0.15) is 11.5 Å². The molecule has 1 N–H and O–H groups in total. The van der Waals surface area contributed by atoms with E-state index >= 15 is 0 Å². The summed E-state index contributed by atoms with van der Waals surface area (Å²) in [5.41, 5.74) is 1.16. The van der Waals surface area contributed by atoms with Crippen molar-refractivity contribution in [2.45, 2.75) is 33.2 Å². The molecule has 0 saturated carbocycles. The number of nitrogens with one attached hydrogen (secondary N) is 1. The maximum absolute atomic E-state index is 12.4. The zero-order chi connectivity index (χ0) is 19.4. The molecule has 7 nitrogen and oxygen atoms in total. The number of nitrogens with zero attached hydrogens (tertiary/aromatic N) is 2. The van der Waals surface area contributed by atoms with E-state index in [9.17, 15) is 9.59 Å². The van der Waals surface area contributed by atoms with Crippen molar-refractivity contribution in [1.29, 1.82) is 0 Å². The average Bonchev–Trinajstić information content (AvgIpc) is 3.28. The van der Waals surface area contributed by atoms with E-state index in [4.69, 9.17) is 20.8 Å². The third-order valence-electron chi connectivity index (χ3n) is 4.37. The lowest BCUT2D eigenvalue weighted by Crippen LogP contribution is -2.29. The first kappa shape index (κ1) is 19.2. The average molecular weight is 392 g/mol. The Morgan fingerprint density at radius 1 is 1.30 bits per heavy atom. The van der Waals surface area contributed by atoms with Crippen molar-refractivity contribution >= 4 is 23.4 Å². The molecule has 0 unspecified atom stereocenters. The highest BCUT2D eigenvalue weighted by atomic mass is 35.5. The standard InChI is InChI=1S/C19H22ClN3O4/c1-12-9-14(20)5-6-15(12)26-11-16(24)21-10-17-22-18(13(2)27-17)19(25)23-7-3-4-8-23/h5-6,9H,3-4,7-8,10-11H2,1-2H3,(H,21,24). The van der Waals surface area contributed by atoms with Gasteiger partial charge in [0.05, 0.1) is 6.54 Å². The molecule has 1 aromatic heterocycles. The number of aromatic nitrogens is 1. The van der Waals surface area contributed by atoms with Crippen LogP contribution in [0.5, 0.6) is 5.75 Å². The van der Waals surface area contributed by atoms with Gasteiger partial charge in [-0.15, -0.1) is 0 Å². The van der Waals surface area contributed by atoms with Gasteiger partial charge in [0.15, 0.2) is 12.3 Å². The van der Waals surface area contributed by atoms with Crippen LogP contribution in [0.4, 0.5) is 0 Å². The van der Waals surface area contributed by atoms with Crippen molar-refractivity contribution in [3.63, 3.8) is 0 Å². The van der Waals surface area contributed by atoms with Crippen LogP contribution in [0.3, 0.4) is 0 Å². The van der Waals surface area contributed by atoms with Gasteiger partial charge in [-0.2, -0.15) is 0 Å². The van der Waals surface area contributed by atoms with Gasteiger partial charge in [0, 0.05) is 18.1 Å². The molecular weight excluding hydrogens is 370 g/mol. The molecule has 0 radical (unpaired) electrons. The maximum Gasteiger partial charge on any atom is 0.276 e. The second-order valence-corrected chi connectivity index (χ2v) is 6.92. The molecule has 1 aliphatic rings. The van der Waals surface area contributed by atoms with E-state index in [1.54, 1.807) is 30.0 Å². The minimum absolute atomic E-state index is 0.0932. The Labute approximate surface area is 162 Å². The van der Waals surface area contributed by atoms with Gasteiger partial charge in [0.25, 0.3) is 11.8 Å². The van der Waals surface area contributed by atoms with Gasteiger partial charge in [-0.25, -0.2) is 4.98 Å². The molecule has 2 heterocycles. The monoisotopic (exact) mass is 391 g/mol. The summed E-state index contributed by atoms with van der Waals surface area (Å²) >= 11 is 5.90. The smallest absolute Gasteiger partial charge is 0.276 e. The van der Waals surface area contributed by atoms with E-state index in [1.807, 2.05) is 6.92 Å². The number of halogens is 1. The normalized spacial score (nSPS) is 13.7. The Morgan fingerprint density at radius 3 is 2.74 bits per heavy atom. The molecule has 3 rings (SSSR count). The van der Waals surface area contributed by atoms with Gasteiger partial charge in [-0.3, -0.25) is 9.59 Å². The Kier molecular flexibility index (Phi) is 6.01. The molecule has 0 atom stereocenters. The first-order valence-electron chi connectivity index (χ1n) is 8.85. The minimum Gasteiger partial charge on any atom is -0.484 e. The molecule has 0 spiro atoms. The zero-order valence-corrected chi connectivity index (χ0v) is 16.1. The Hall–Kier alpha value is -2.54. The van der Waals surface area contributed by atoms with Crippen molar-refractivity contribution in [1.82, 2.24) is 15.2 Å². The second-order valence-electron chi connectivity index (χ2n) is 6.49. The number of rotatable bonds is 6. The van der Waals surface area contributed by atoms with E-state index in [2.05, 4.69) is 10.3 Å². The fourth-order valence-electron chi connectivity index (χ4n) is 2.94. The van der Waals surface area contributed by atoms with E-state index in [1.165, 1.54) is 0 Å². The number of aryl methyl sites for hydroxylation is 2. The highest BCUT2D eigenvalue weighted by Crippen LogP contribution is 2.21. The van der Waals surface area contributed by atoms with Crippen LogP contribution in [0.25, 0.3) is 0 Å². The minimum atomic E-state index is -0.312. The highest BCUT2D eigenvalue weighted by molar-refractivity contribution is 6.30. The van der Waals surface area contributed by atoms with E-state index in [0.29, 0.717) is 28.1 Å². The molecule has 0 bridgehead atoms. The Bertz CT molecular complexity index is 843. The third-order valence-corrected chi connectivity index (χ3v) is 4.60. The lowest BCUT2D eigenvalue weighted by Gasteiger charge is -2.13. The van der Waals surface area contributed by atoms with Crippen LogP contribution in [0.15, 0.2) is 22.6 Å². The third kappa shape index (κ3) is 4.80. The maximum atomic E-state index is 12.4. The van der Waals surface area contributed by atoms with Gasteiger partial charge in [-0.05, 0) is 50.5 Å². The topological polar surface area (TPSA) is 84.7 Å². The number of benzene rings is 1. The summed E-state index contributed by atoms with van der Waals surface area (Å²) in [6, 6.07) is 5.19. The number of ether oxygens (including phenoxy) is 1. The van der Waals surface area contributed by atoms with Crippen LogP contribution in [0.1, 0.15) is 40.5 Å². The predicted molar refractivity (Wildman–Crippen MR) is 99.9 cm³/mol. The van der Waals surface area contributed by atoms with Crippen LogP contribution in [-0.2, 0) is 11.3 Å². The van der Waals surface area contributed by atoms with Crippen LogP contribution < -0.4 is 10.1 Å². The van der Waals surface area contributed by atoms with Crippen molar-refractivity contribution in [2.75, 3.05) is 19.7 Å². The van der Waals surface area contributed by atoms with E-state index < -0.39 is 0 Å². The molecule has 144 valence electrons. The molecular formula is C19H22ClN3O4. The van der Waals surface area contributed by atoms with Gasteiger partial charge in [-0.1, -0.05) is 11.6 Å². The number of hydrogen-bond acceptors (Lipinski definition) is 5. The van der Waals surface area contributed by atoms with Crippen LogP contribution >= 0.6 is 11.6 Å². The van der Waals surface area contributed by atoms with Crippen LogP contribution in [0.2, 0.25) is 5.02 Å². The van der Waals surface area contributed by atoms with E-state index in [-0.39, 0.29) is 25.0 Å². The number of carbonyl (C=O) groups excluding carboxylic acids is 2. The van der Waals surface area contributed by atoms with Crippen molar-refractivity contribution in [3.8, 4) is 5.75 Å². The largest absolute Gasteiger partial charge is 0.484 e. The molecule has 1 aromatic carbocycles. The molecule has 8 heteroatoms. The molecule has 1 aliphatic heterocycles. The summed E-state index contributed by atoms with van der Waals surface area (Å²) in [7, 11) is 0. The SMILES string of the molecule is Cc1cc(Cl)ccc1OCC(=O)NCc1nc(C(=O)N2CCCC2)c(C)o1. The fourth-order valence-corrected chi connectivity index (χ4v) is 3.17. The number of amides is 2. The highest BCUT2D eigenvalue weighted by Gasteiger charge is 2.25. The summed E-state index contributed by atoms with van der Waals surface area (Å²) in [6.07, 6.45) is 2.03. The quantitative estimate of drug-likeness (QED) is 0.818. The molecule has 27 heavy (non-hydrogen) atoms. The van der Waals surface area contributed by atoms with Crippen LogP contribution in [-0.4, -0.2) is 41.4 Å². The van der Waals surface area contributed by atoms with Crippen LogP contribution in [0, 0.1) is 13.8 Å². The number of hydrogen-bond donors (Lipinski definition) is 1. The predicted octanol–water partition coefficient (Wildman–Crippen LogP) is 2.88. The van der Waals surface area contributed by atoms with Crippen molar-refractivity contribution in [3.05, 3.63) is 46.1 Å². The summed E-state index contributed by atoms with van der Waals surface area (Å²) in [6.45, 7) is 5.01. The molecule has 0 aliphatic carbocycles. The number of carbonyl (C=O) groups is 2. The van der Waals surface area contributed by atoms with Gasteiger partial charge >= 0.3 is 0 Å². The second kappa shape index (κ2) is 8.43. The lowest BCUT2D eigenvalue weighted by atomic mass is 10.2. The Balaban J connectivity index is 1.51. The number of oxazole rings is 1. The summed E-state index contributed by atoms with van der Waals surface area (Å²) in [5, 5.41) is 3.29. The van der Waals surface area contributed by atoms with Gasteiger partial charge in [0.2, 0.25) is 5.89 Å². The number of likely N-dealkylation sites (tertiary alicyclic amines) is 1. The Morgan fingerprint density at radius 2 is 2.04 bits per heavy atom. The van der Waals surface area contributed by atoms with Gasteiger partial charge < -0.3 is 19.4 Å². The molecule has 2 amide bonds. The summed E-state index contributed by atoms with van der Waals surface area (Å²) < 4.78 is 11.0. The fraction of sp³-hybridized carbons (Fsp3) is 0.421. The molecule has 2 aromatic rings. The lowest BCUT2D eigenvalue weighted by molar-refractivity contribution is -0.123. The van der Waals surface area contributed by atoms with Crippen molar-refractivity contribution < 1.29 is 18.7 Å². The summed E-state index contributed by atoms with van der Waals surface area (Å²) in [4.78, 5) is 30.4. The van der Waals surface area contributed by atoms with Crippen molar-refractivity contribution in [2.24, 2.45) is 0 Å². The first-order valence-corrected chi connectivity index (χ1v) is 9.23. The van der Waals surface area contributed by atoms with E-state index in [0.717, 1.165) is 31.5 Å². The first-order chi connectivity index (χ1) is 12.9. The molecule has 1 fully saturated rings. The zero-order valence-electron chi connectivity index (χ0n) is 15.4. The molecule has 1 saturated heterocycles. The summed E-state index contributed by atoms with van der Waals surface area (Å²) in [5.74, 6) is 0.927.